The molecule has 4 rings (SSSR count). The van der Waals surface area contributed by atoms with Crippen molar-refractivity contribution in [2.45, 2.75) is 94.8 Å². The van der Waals surface area contributed by atoms with Crippen LogP contribution in [0.5, 0.6) is 0 Å². The Morgan fingerprint density at radius 3 is 2.76 bits per heavy atom. The van der Waals surface area contributed by atoms with Gasteiger partial charge in [0.25, 0.3) is 0 Å². The van der Waals surface area contributed by atoms with Crippen LogP contribution in [0.4, 0.5) is 4.79 Å². The first-order chi connectivity index (χ1) is 13.8. The first-order valence-electron chi connectivity index (χ1n) is 11.2. The Labute approximate surface area is 177 Å². The van der Waals surface area contributed by atoms with Gasteiger partial charge in [-0.25, -0.2) is 4.79 Å². The van der Waals surface area contributed by atoms with Crippen LogP contribution in [0.3, 0.4) is 0 Å². The molecule has 159 valence electrons. The number of likely N-dealkylation sites (tertiary alicyclic amines) is 1. The Hall–Kier alpha value is -0.720. The van der Waals surface area contributed by atoms with Crippen molar-refractivity contribution in [2.75, 3.05) is 20.3 Å². The number of hydrogen-bond acceptors (Lipinski definition) is 5. The van der Waals surface area contributed by atoms with Gasteiger partial charge in [-0.3, -0.25) is 0 Å². The van der Waals surface area contributed by atoms with Crippen LogP contribution in [0.15, 0.2) is 0 Å². The van der Waals surface area contributed by atoms with Crippen LogP contribution in [0, 0.1) is 11.8 Å². The third-order valence-corrected chi connectivity index (χ3v) is 7.51. The number of methoxy groups -OCH3 is 1. The van der Waals surface area contributed by atoms with Crippen molar-refractivity contribution in [1.82, 2.24) is 4.90 Å². The van der Waals surface area contributed by atoms with E-state index in [0.717, 1.165) is 45.1 Å². The third-order valence-electron chi connectivity index (χ3n) is 7.51. The molecule has 0 N–H and O–H groups in total. The normalized spacial score (nSPS) is 43.6. The molecule has 8 heteroatoms. The second-order valence-corrected chi connectivity index (χ2v) is 9.85. The highest BCUT2D eigenvalue weighted by Crippen LogP contribution is 2.59. The van der Waals surface area contributed by atoms with Crippen LogP contribution in [-0.2, 0) is 18.9 Å². The number of ether oxygens (including phenoxy) is 4. The average molecular weight is 402 g/mol. The maximum atomic E-state index is 12.8. The fourth-order valence-corrected chi connectivity index (χ4v) is 5.69. The number of hydrogen-bond donors (Lipinski definition) is 0. The molecule has 3 radical (unpaired) electrons. The smallest absolute Gasteiger partial charge is 0.409 e. The number of nitrogens with zero attached hydrogens (tertiary/aromatic N) is 1. The second kappa shape index (κ2) is 8.08. The van der Waals surface area contributed by atoms with Crippen molar-refractivity contribution >= 4 is 21.0 Å². The molecule has 1 spiro atoms. The molecule has 3 aliphatic heterocycles. The number of carbonyl (C=O) groups excluding carboxylic acids is 1. The van der Waals surface area contributed by atoms with Crippen LogP contribution in [-0.4, -0.2) is 81.6 Å². The molecule has 0 aromatic rings. The van der Waals surface area contributed by atoms with E-state index in [-0.39, 0.29) is 47.5 Å². The minimum Gasteiger partial charge on any atom is -0.443 e. The summed E-state index contributed by atoms with van der Waals surface area (Å²) in [5, 5.41) is 0. The van der Waals surface area contributed by atoms with E-state index in [0.29, 0.717) is 12.5 Å². The highest BCUT2D eigenvalue weighted by molar-refractivity contribution is 6.90. The standard InChI is InChI=1S/C21H34B2NO5/c1-13(2)7-8-15-20(3,29-15)18-17(26-4)14(9-10-21(18)12-27-21)28-19(25)24-11-5-6-16(24)23-22/h13-18H,5-12H2,1-4H3. The van der Waals surface area contributed by atoms with E-state index in [4.69, 9.17) is 26.7 Å². The molecular weight excluding hydrogens is 368 g/mol. The van der Waals surface area contributed by atoms with Crippen LogP contribution in [0.1, 0.15) is 59.3 Å². The monoisotopic (exact) mass is 402 g/mol. The van der Waals surface area contributed by atoms with E-state index in [2.05, 4.69) is 20.8 Å². The van der Waals surface area contributed by atoms with Crippen molar-refractivity contribution in [3.8, 4) is 0 Å². The number of epoxide rings is 2. The SMILES string of the molecule is [B][B]C1CCCN1C(=O)OC1CCC2(CO2)C(C2(C)OC2CCC(C)C)C1OC. The topological polar surface area (TPSA) is 63.8 Å². The molecule has 7 atom stereocenters. The molecule has 3 heterocycles. The molecule has 29 heavy (non-hydrogen) atoms. The maximum Gasteiger partial charge on any atom is 0.409 e. The summed E-state index contributed by atoms with van der Waals surface area (Å²) in [6, 6.07) is 0. The molecule has 6 nitrogen and oxygen atoms in total. The van der Waals surface area contributed by atoms with Crippen molar-refractivity contribution in [3.63, 3.8) is 0 Å². The Kier molecular flexibility index (Phi) is 6.00. The van der Waals surface area contributed by atoms with Gasteiger partial charge in [0.2, 0.25) is 0 Å². The Morgan fingerprint density at radius 2 is 2.14 bits per heavy atom. The van der Waals surface area contributed by atoms with Crippen molar-refractivity contribution in [1.29, 1.82) is 0 Å². The maximum absolute atomic E-state index is 12.8. The lowest BCUT2D eigenvalue weighted by Gasteiger charge is -2.43. The summed E-state index contributed by atoms with van der Waals surface area (Å²) in [6.07, 6.45) is 5.07. The van der Waals surface area contributed by atoms with Gasteiger partial charge in [0, 0.05) is 21.4 Å². The van der Waals surface area contributed by atoms with Gasteiger partial charge in [-0.15, -0.1) is 0 Å². The van der Waals surface area contributed by atoms with Crippen molar-refractivity contribution in [2.24, 2.45) is 11.8 Å². The van der Waals surface area contributed by atoms with Gasteiger partial charge in [0.05, 0.1) is 25.8 Å². The molecule has 0 bridgehead atoms. The Bertz CT molecular complexity index is 616. The largest absolute Gasteiger partial charge is 0.443 e. The zero-order chi connectivity index (χ0) is 20.8. The van der Waals surface area contributed by atoms with E-state index in [9.17, 15) is 4.79 Å². The van der Waals surface area contributed by atoms with Gasteiger partial charge >= 0.3 is 6.09 Å². The van der Waals surface area contributed by atoms with Gasteiger partial charge in [0.15, 0.2) is 0 Å². The predicted octanol–water partition coefficient (Wildman–Crippen LogP) is 2.49. The van der Waals surface area contributed by atoms with Gasteiger partial charge in [-0.1, -0.05) is 13.8 Å². The summed E-state index contributed by atoms with van der Waals surface area (Å²) < 4.78 is 24.2. The molecule has 1 amide bonds. The van der Waals surface area contributed by atoms with Gasteiger partial charge in [-0.2, -0.15) is 0 Å². The summed E-state index contributed by atoms with van der Waals surface area (Å²) in [6.45, 7) is 8.09. The molecule has 0 aromatic carbocycles. The molecule has 3 saturated heterocycles. The van der Waals surface area contributed by atoms with E-state index in [1.807, 2.05) is 0 Å². The molecular formula is C21H34B2NO5. The summed E-state index contributed by atoms with van der Waals surface area (Å²) in [7, 11) is 9.02. The van der Waals surface area contributed by atoms with Crippen LogP contribution >= 0.6 is 0 Å². The average Bonchev–Trinajstić information content (AvgIpc) is 3.54. The van der Waals surface area contributed by atoms with Crippen molar-refractivity contribution in [3.05, 3.63) is 0 Å². The lowest BCUT2D eigenvalue weighted by atomic mass is 9.50. The second-order valence-electron chi connectivity index (χ2n) is 9.85. The molecule has 0 aromatic heterocycles. The van der Waals surface area contributed by atoms with Gasteiger partial charge in [-0.05, 0) is 57.3 Å². The Balaban J connectivity index is 1.46. The highest BCUT2D eigenvalue weighted by atomic mass is 16.6. The number of carbonyl (C=O) groups is 1. The Morgan fingerprint density at radius 1 is 1.38 bits per heavy atom. The summed E-state index contributed by atoms with van der Waals surface area (Å²) in [5.41, 5.74) is -0.468. The molecule has 4 fully saturated rings. The first-order valence-corrected chi connectivity index (χ1v) is 11.2. The lowest BCUT2D eigenvalue weighted by molar-refractivity contribution is -0.121. The molecule has 1 aliphatic carbocycles. The molecule has 7 unspecified atom stereocenters. The first kappa shape index (κ1) is 21.5. The summed E-state index contributed by atoms with van der Waals surface area (Å²) >= 11 is 0. The van der Waals surface area contributed by atoms with E-state index >= 15 is 0 Å². The number of rotatable bonds is 7. The van der Waals surface area contributed by atoms with E-state index in [1.54, 1.807) is 19.2 Å². The fourth-order valence-electron chi connectivity index (χ4n) is 5.69. The number of amides is 1. The minimum absolute atomic E-state index is 0.0364. The van der Waals surface area contributed by atoms with Crippen LogP contribution in [0.25, 0.3) is 0 Å². The zero-order valence-corrected chi connectivity index (χ0v) is 18.3. The van der Waals surface area contributed by atoms with E-state index < -0.39 is 0 Å². The predicted molar refractivity (Wildman–Crippen MR) is 111 cm³/mol. The van der Waals surface area contributed by atoms with Crippen LogP contribution in [0.2, 0.25) is 0 Å². The van der Waals surface area contributed by atoms with Gasteiger partial charge < -0.3 is 23.8 Å². The van der Waals surface area contributed by atoms with Crippen molar-refractivity contribution < 1.29 is 23.7 Å². The third kappa shape index (κ3) is 3.97. The fraction of sp³-hybridized carbons (Fsp3) is 0.952. The highest BCUT2D eigenvalue weighted by Gasteiger charge is 2.72. The summed E-state index contributed by atoms with van der Waals surface area (Å²) in [4.78, 5) is 14.6. The molecule has 1 saturated carbocycles. The summed E-state index contributed by atoms with van der Waals surface area (Å²) in [5.74, 6) is 0.686. The zero-order valence-electron chi connectivity index (χ0n) is 18.3. The van der Waals surface area contributed by atoms with E-state index in [1.165, 1.54) is 0 Å². The molecule has 4 aliphatic rings. The minimum atomic E-state index is -0.293. The lowest BCUT2D eigenvalue weighted by Crippen LogP contribution is -2.56. The van der Waals surface area contributed by atoms with Crippen LogP contribution < -0.4 is 0 Å². The van der Waals surface area contributed by atoms with Gasteiger partial charge in [0.1, 0.15) is 23.4 Å². The quantitative estimate of drug-likeness (QED) is 0.484.